The molecular formula is C6H18N3Y. The Balaban J connectivity index is -0.0000000257. The van der Waals surface area contributed by atoms with Crippen molar-refractivity contribution in [2.45, 2.75) is 0 Å². The van der Waals surface area contributed by atoms with E-state index in [4.69, 9.17) is 17.2 Å². The fraction of sp³-hybridized carbons (Fsp3) is 0.500. The third-order valence-electron chi connectivity index (χ3n) is 0. The van der Waals surface area contributed by atoms with Crippen molar-refractivity contribution in [3.8, 4) is 0 Å². The van der Waals surface area contributed by atoms with E-state index in [1.54, 1.807) is 0 Å². The zero-order valence-electron chi connectivity index (χ0n) is 6.55. The van der Waals surface area contributed by atoms with Crippen LogP contribution in [0.3, 0.4) is 0 Å². The zero-order valence-corrected chi connectivity index (χ0v) is 9.39. The molecule has 0 aliphatic heterocycles. The van der Waals surface area contributed by atoms with Gasteiger partial charge in [-0.3, -0.25) is 0 Å². The summed E-state index contributed by atoms with van der Waals surface area (Å²) < 4.78 is 0. The molecule has 4 heteroatoms. The largest absolute Gasteiger partial charge is 3.00 e. The van der Waals surface area contributed by atoms with E-state index in [1.165, 1.54) is 0 Å². The minimum Gasteiger partial charge on any atom is -0.360 e. The monoisotopic (exact) mass is 221 g/mol. The summed E-state index contributed by atoms with van der Waals surface area (Å²) in [5.74, 6) is 0. The smallest absolute Gasteiger partial charge is 0.360 e. The van der Waals surface area contributed by atoms with E-state index < -0.39 is 0 Å². The molecule has 0 bridgehead atoms. The van der Waals surface area contributed by atoms with Crippen molar-refractivity contribution >= 4 is 0 Å². The van der Waals surface area contributed by atoms with E-state index in [0.29, 0.717) is 19.6 Å². The van der Waals surface area contributed by atoms with Gasteiger partial charge in [0.25, 0.3) is 0 Å². The van der Waals surface area contributed by atoms with Crippen LogP contribution in [0.1, 0.15) is 0 Å². The zero-order chi connectivity index (χ0) is 8.12. The standard InChI is InChI=1S/3C2H6N.Y/c3*1-2-3;/h3*1-3H2;/q3*-1;+3. The maximum Gasteiger partial charge on any atom is 3.00 e. The molecule has 0 spiro atoms. The van der Waals surface area contributed by atoms with Crippen molar-refractivity contribution in [3.05, 3.63) is 20.8 Å². The van der Waals surface area contributed by atoms with Gasteiger partial charge in [0.2, 0.25) is 0 Å². The second kappa shape index (κ2) is 50.8. The second-order valence-corrected chi connectivity index (χ2v) is 0.866. The van der Waals surface area contributed by atoms with Crippen molar-refractivity contribution in [3.63, 3.8) is 0 Å². The molecule has 60 valence electrons. The van der Waals surface area contributed by atoms with Crippen LogP contribution in [0.2, 0.25) is 0 Å². The van der Waals surface area contributed by atoms with E-state index in [1.807, 2.05) is 0 Å². The minimum absolute atomic E-state index is 0. The Morgan fingerprint density at radius 3 is 0.700 bits per heavy atom. The maximum atomic E-state index is 4.74. The number of nitrogens with two attached hydrogens (primary N) is 3. The summed E-state index contributed by atoms with van der Waals surface area (Å²) in [5.41, 5.74) is 14.2. The van der Waals surface area contributed by atoms with Crippen LogP contribution in [0.5, 0.6) is 0 Å². The summed E-state index contributed by atoms with van der Waals surface area (Å²) in [4.78, 5) is 0. The van der Waals surface area contributed by atoms with Crippen LogP contribution in [0, 0.1) is 20.8 Å². The second-order valence-electron chi connectivity index (χ2n) is 0.866. The van der Waals surface area contributed by atoms with Crippen LogP contribution >= 0.6 is 0 Å². The van der Waals surface area contributed by atoms with Gasteiger partial charge in [-0.15, -0.1) is 19.6 Å². The van der Waals surface area contributed by atoms with E-state index in [-0.39, 0.29) is 32.7 Å². The molecule has 0 aliphatic carbocycles. The molecule has 0 rings (SSSR count). The van der Waals surface area contributed by atoms with Crippen molar-refractivity contribution < 1.29 is 32.7 Å². The van der Waals surface area contributed by atoms with Crippen molar-refractivity contribution in [2.24, 2.45) is 17.2 Å². The average molecular weight is 221 g/mol. The average Bonchev–Trinajstić information content (AvgIpc) is 1.70. The van der Waals surface area contributed by atoms with E-state index in [9.17, 15) is 0 Å². The Morgan fingerprint density at radius 2 is 0.700 bits per heavy atom. The molecule has 6 N–H and O–H groups in total. The molecule has 0 aromatic heterocycles. The molecule has 0 heterocycles. The summed E-state index contributed by atoms with van der Waals surface area (Å²) in [6.45, 7) is 11.3. The van der Waals surface area contributed by atoms with Gasteiger partial charge in [0.1, 0.15) is 0 Å². The van der Waals surface area contributed by atoms with Crippen molar-refractivity contribution in [1.82, 2.24) is 0 Å². The van der Waals surface area contributed by atoms with Gasteiger partial charge >= 0.3 is 32.7 Å². The first-order valence-corrected chi connectivity index (χ1v) is 2.72. The normalized spacial score (nSPS) is 5.40. The molecule has 0 radical (unpaired) electrons. The summed E-state index contributed by atoms with van der Waals surface area (Å²) in [5, 5.41) is 0. The van der Waals surface area contributed by atoms with Crippen LogP contribution in [0.25, 0.3) is 0 Å². The third kappa shape index (κ3) is 592. The summed E-state index contributed by atoms with van der Waals surface area (Å²) in [6, 6.07) is 0. The van der Waals surface area contributed by atoms with E-state index in [0.717, 1.165) is 0 Å². The Bertz CT molecular complexity index is 17.7. The van der Waals surface area contributed by atoms with Gasteiger partial charge in [0.05, 0.1) is 0 Å². The molecule has 0 aromatic carbocycles. The van der Waals surface area contributed by atoms with Crippen LogP contribution in [0.15, 0.2) is 0 Å². The van der Waals surface area contributed by atoms with Gasteiger partial charge in [-0.2, -0.15) is 0 Å². The van der Waals surface area contributed by atoms with Gasteiger partial charge in [-0.25, -0.2) is 0 Å². The third-order valence-corrected chi connectivity index (χ3v) is 0. The molecule has 0 saturated carbocycles. The van der Waals surface area contributed by atoms with Crippen molar-refractivity contribution in [1.29, 1.82) is 0 Å². The van der Waals surface area contributed by atoms with Crippen LogP contribution in [0.4, 0.5) is 0 Å². The molecule has 0 saturated heterocycles. The molecular weight excluding hydrogens is 203 g/mol. The SMILES string of the molecule is [CH2-]CN.[CH2-]CN.[CH2-]CN.[Y+3]. The number of hydrogen-bond donors (Lipinski definition) is 3. The Hall–Kier alpha value is 0.984. The Kier molecular flexibility index (Phi) is 114. The molecule has 3 nitrogen and oxygen atoms in total. The summed E-state index contributed by atoms with van der Waals surface area (Å²) in [7, 11) is 0. The summed E-state index contributed by atoms with van der Waals surface area (Å²) >= 11 is 0. The fourth-order valence-corrected chi connectivity index (χ4v) is 0. The Morgan fingerprint density at radius 1 is 0.700 bits per heavy atom. The van der Waals surface area contributed by atoms with Gasteiger partial charge < -0.3 is 38.0 Å². The molecule has 0 fully saturated rings. The quantitative estimate of drug-likeness (QED) is 0.475. The van der Waals surface area contributed by atoms with Crippen LogP contribution < -0.4 is 17.2 Å². The van der Waals surface area contributed by atoms with Gasteiger partial charge in [0.15, 0.2) is 0 Å². The van der Waals surface area contributed by atoms with Gasteiger partial charge in [-0.05, 0) is 0 Å². The number of hydrogen-bond acceptors (Lipinski definition) is 3. The van der Waals surface area contributed by atoms with E-state index in [2.05, 4.69) is 20.8 Å². The molecule has 0 atom stereocenters. The summed E-state index contributed by atoms with van der Waals surface area (Å²) in [6.07, 6.45) is 0. The first-order valence-electron chi connectivity index (χ1n) is 2.72. The molecule has 0 aromatic rings. The predicted molar refractivity (Wildman–Crippen MR) is 43.2 cm³/mol. The van der Waals surface area contributed by atoms with Crippen molar-refractivity contribution in [2.75, 3.05) is 19.6 Å². The number of rotatable bonds is 0. The topological polar surface area (TPSA) is 78.1 Å². The van der Waals surface area contributed by atoms with E-state index >= 15 is 0 Å². The first kappa shape index (κ1) is 22.4. The predicted octanol–water partition coefficient (Wildman–Crippen LogP) is -0.665. The molecule has 10 heavy (non-hydrogen) atoms. The molecule has 0 amide bonds. The first-order chi connectivity index (χ1) is 4.24. The molecule has 0 unspecified atom stereocenters. The Labute approximate surface area is 90.0 Å². The van der Waals surface area contributed by atoms with Gasteiger partial charge in [-0.1, -0.05) is 0 Å². The minimum atomic E-state index is 0. The van der Waals surface area contributed by atoms with Crippen LogP contribution in [-0.4, -0.2) is 19.6 Å². The van der Waals surface area contributed by atoms with Crippen LogP contribution in [-0.2, 0) is 32.7 Å². The fourth-order valence-electron chi connectivity index (χ4n) is 0. The maximum absolute atomic E-state index is 4.74. The van der Waals surface area contributed by atoms with Gasteiger partial charge in [0, 0.05) is 0 Å². The molecule has 0 aliphatic rings.